The van der Waals surface area contributed by atoms with E-state index < -0.39 is 0 Å². The van der Waals surface area contributed by atoms with Gasteiger partial charge in [-0.25, -0.2) is 4.98 Å². The van der Waals surface area contributed by atoms with Gasteiger partial charge in [-0.2, -0.15) is 0 Å². The van der Waals surface area contributed by atoms with Crippen molar-refractivity contribution in [2.45, 2.75) is 26.8 Å². The van der Waals surface area contributed by atoms with Crippen molar-refractivity contribution in [2.75, 3.05) is 18.5 Å². The van der Waals surface area contributed by atoms with Gasteiger partial charge >= 0.3 is 0 Å². The SMILES string of the molecule is CCOCCCn1c(NC(=O)c2sc3ccccc3c2C)nc2ccccc21. The molecule has 0 aliphatic rings. The molecule has 0 radical (unpaired) electrons. The van der Waals surface area contributed by atoms with E-state index in [-0.39, 0.29) is 5.91 Å². The summed E-state index contributed by atoms with van der Waals surface area (Å²) in [7, 11) is 0. The molecular formula is C22H23N3O2S. The Hall–Kier alpha value is -2.70. The lowest BCUT2D eigenvalue weighted by molar-refractivity contribution is 0.102. The molecule has 0 bridgehead atoms. The highest BCUT2D eigenvalue weighted by molar-refractivity contribution is 7.21. The van der Waals surface area contributed by atoms with Crippen LogP contribution in [-0.4, -0.2) is 28.7 Å². The molecule has 0 saturated heterocycles. The second kappa shape index (κ2) is 8.12. The van der Waals surface area contributed by atoms with E-state index in [1.807, 2.05) is 56.3 Å². The van der Waals surface area contributed by atoms with Crippen LogP contribution in [0.3, 0.4) is 0 Å². The largest absolute Gasteiger partial charge is 0.382 e. The monoisotopic (exact) mass is 393 g/mol. The second-order valence-electron chi connectivity index (χ2n) is 6.63. The number of hydrogen-bond acceptors (Lipinski definition) is 4. The number of fused-ring (bicyclic) bond motifs is 2. The highest BCUT2D eigenvalue weighted by Gasteiger charge is 2.18. The maximum Gasteiger partial charge on any atom is 0.268 e. The van der Waals surface area contributed by atoms with Gasteiger partial charge in [-0.1, -0.05) is 30.3 Å². The summed E-state index contributed by atoms with van der Waals surface area (Å²) >= 11 is 1.52. The van der Waals surface area contributed by atoms with Crippen molar-refractivity contribution in [3.63, 3.8) is 0 Å². The first-order valence-electron chi connectivity index (χ1n) is 9.51. The predicted molar refractivity (Wildman–Crippen MR) is 115 cm³/mol. The Morgan fingerprint density at radius 1 is 1.18 bits per heavy atom. The highest BCUT2D eigenvalue weighted by Crippen LogP contribution is 2.31. The smallest absolute Gasteiger partial charge is 0.268 e. The van der Waals surface area contributed by atoms with Gasteiger partial charge in [0.1, 0.15) is 0 Å². The van der Waals surface area contributed by atoms with Gasteiger partial charge in [0, 0.05) is 24.5 Å². The molecule has 144 valence electrons. The number of benzene rings is 2. The first-order valence-corrected chi connectivity index (χ1v) is 10.3. The Morgan fingerprint density at radius 3 is 2.79 bits per heavy atom. The maximum absolute atomic E-state index is 13.0. The van der Waals surface area contributed by atoms with Gasteiger partial charge in [0.2, 0.25) is 5.95 Å². The van der Waals surface area contributed by atoms with Crippen molar-refractivity contribution in [2.24, 2.45) is 0 Å². The third-order valence-electron chi connectivity index (χ3n) is 4.80. The van der Waals surface area contributed by atoms with E-state index in [1.54, 1.807) is 0 Å². The van der Waals surface area contributed by atoms with Crippen LogP contribution in [-0.2, 0) is 11.3 Å². The van der Waals surface area contributed by atoms with Crippen molar-refractivity contribution in [3.8, 4) is 0 Å². The highest BCUT2D eigenvalue weighted by atomic mass is 32.1. The van der Waals surface area contributed by atoms with E-state index in [0.717, 1.165) is 44.5 Å². The Labute approximate surface area is 168 Å². The number of aryl methyl sites for hydroxylation is 2. The molecule has 28 heavy (non-hydrogen) atoms. The van der Waals surface area contributed by atoms with Crippen LogP contribution in [0.2, 0.25) is 0 Å². The molecule has 2 heterocycles. The summed E-state index contributed by atoms with van der Waals surface area (Å²) in [5.74, 6) is 0.472. The van der Waals surface area contributed by atoms with Gasteiger partial charge in [0.15, 0.2) is 0 Å². The molecule has 2 aromatic heterocycles. The average Bonchev–Trinajstić information content (AvgIpc) is 3.23. The van der Waals surface area contributed by atoms with Crippen LogP contribution in [0.1, 0.15) is 28.6 Å². The zero-order valence-electron chi connectivity index (χ0n) is 16.1. The minimum atomic E-state index is -0.111. The van der Waals surface area contributed by atoms with Crippen molar-refractivity contribution < 1.29 is 9.53 Å². The molecule has 0 aliphatic heterocycles. The normalized spacial score (nSPS) is 11.4. The number of thiophene rings is 1. The zero-order chi connectivity index (χ0) is 19.5. The second-order valence-corrected chi connectivity index (χ2v) is 7.68. The molecule has 0 unspecified atom stereocenters. The van der Waals surface area contributed by atoms with Crippen LogP contribution in [0, 0.1) is 6.92 Å². The number of carbonyl (C=O) groups excluding carboxylic acids is 1. The molecule has 1 N–H and O–H groups in total. The number of nitrogens with zero attached hydrogens (tertiary/aromatic N) is 2. The van der Waals surface area contributed by atoms with Crippen molar-refractivity contribution in [1.82, 2.24) is 9.55 Å². The van der Waals surface area contributed by atoms with Gasteiger partial charge in [-0.15, -0.1) is 11.3 Å². The van der Waals surface area contributed by atoms with Crippen molar-refractivity contribution >= 4 is 44.3 Å². The standard InChI is InChI=1S/C22H23N3O2S/c1-3-27-14-8-13-25-18-11-6-5-10-17(18)23-22(25)24-21(26)20-15(2)16-9-4-7-12-19(16)28-20/h4-7,9-12H,3,8,13-14H2,1-2H3,(H,23,24,26). The van der Waals surface area contributed by atoms with Crippen molar-refractivity contribution in [3.05, 3.63) is 59.0 Å². The summed E-state index contributed by atoms with van der Waals surface area (Å²) in [6, 6.07) is 16.1. The molecule has 6 heteroatoms. The van der Waals surface area contributed by atoms with E-state index in [9.17, 15) is 4.79 Å². The fourth-order valence-corrected chi connectivity index (χ4v) is 4.52. The Bertz CT molecular complexity index is 1130. The molecule has 5 nitrogen and oxygen atoms in total. The topological polar surface area (TPSA) is 56.1 Å². The van der Waals surface area contributed by atoms with Crippen LogP contribution >= 0.6 is 11.3 Å². The van der Waals surface area contributed by atoms with Crippen LogP contribution in [0.4, 0.5) is 5.95 Å². The molecule has 0 spiro atoms. The van der Waals surface area contributed by atoms with Gasteiger partial charge in [-0.05, 0) is 49.4 Å². The summed E-state index contributed by atoms with van der Waals surface area (Å²) in [6.07, 6.45) is 0.860. The Balaban J connectivity index is 1.64. The quantitative estimate of drug-likeness (QED) is 0.437. The summed E-state index contributed by atoms with van der Waals surface area (Å²) in [6.45, 7) is 6.12. The molecule has 0 aliphatic carbocycles. The number of para-hydroxylation sites is 2. The summed E-state index contributed by atoms with van der Waals surface area (Å²) < 4.78 is 8.65. The van der Waals surface area contributed by atoms with E-state index in [0.29, 0.717) is 19.2 Å². The summed E-state index contributed by atoms with van der Waals surface area (Å²) in [4.78, 5) is 18.4. The summed E-state index contributed by atoms with van der Waals surface area (Å²) in [5, 5.41) is 4.17. The maximum atomic E-state index is 13.0. The number of amides is 1. The number of nitrogens with one attached hydrogen (secondary N) is 1. The lowest BCUT2D eigenvalue weighted by Crippen LogP contribution is -2.16. The third kappa shape index (κ3) is 3.53. The Morgan fingerprint density at radius 2 is 1.96 bits per heavy atom. The fourth-order valence-electron chi connectivity index (χ4n) is 3.42. The molecular weight excluding hydrogens is 370 g/mol. The number of anilines is 1. The van der Waals surface area contributed by atoms with Crippen LogP contribution in [0.25, 0.3) is 21.1 Å². The predicted octanol–water partition coefficient (Wildman–Crippen LogP) is 5.24. The van der Waals surface area contributed by atoms with Crippen LogP contribution < -0.4 is 5.32 Å². The number of hydrogen-bond donors (Lipinski definition) is 1. The molecule has 0 saturated carbocycles. The van der Waals surface area contributed by atoms with Crippen LogP contribution in [0.15, 0.2) is 48.5 Å². The van der Waals surface area contributed by atoms with E-state index in [4.69, 9.17) is 4.74 Å². The average molecular weight is 394 g/mol. The molecule has 4 rings (SSSR count). The van der Waals surface area contributed by atoms with Gasteiger partial charge < -0.3 is 9.30 Å². The van der Waals surface area contributed by atoms with Crippen molar-refractivity contribution in [1.29, 1.82) is 0 Å². The lowest BCUT2D eigenvalue weighted by Gasteiger charge is -2.10. The van der Waals surface area contributed by atoms with E-state index in [2.05, 4.69) is 20.9 Å². The molecule has 2 aromatic carbocycles. The molecule has 4 aromatic rings. The summed E-state index contributed by atoms with van der Waals surface area (Å²) in [5.41, 5.74) is 2.90. The number of rotatable bonds is 7. The van der Waals surface area contributed by atoms with Crippen LogP contribution in [0.5, 0.6) is 0 Å². The molecule has 0 fully saturated rings. The third-order valence-corrected chi connectivity index (χ3v) is 6.08. The lowest BCUT2D eigenvalue weighted by atomic mass is 10.1. The first kappa shape index (κ1) is 18.7. The number of ether oxygens (including phenoxy) is 1. The molecule has 0 atom stereocenters. The first-order chi connectivity index (χ1) is 13.7. The van der Waals surface area contributed by atoms with E-state index in [1.165, 1.54) is 11.3 Å². The zero-order valence-corrected chi connectivity index (χ0v) is 16.9. The Kier molecular flexibility index (Phi) is 5.41. The number of imidazole rings is 1. The van der Waals surface area contributed by atoms with Gasteiger partial charge in [-0.3, -0.25) is 10.1 Å². The van der Waals surface area contributed by atoms with Gasteiger partial charge in [0.25, 0.3) is 5.91 Å². The van der Waals surface area contributed by atoms with E-state index >= 15 is 0 Å². The minimum Gasteiger partial charge on any atom is -0.382 e. The molecule has 1 amide bonds. The van der Waals surface area contributed by atoms with Gasteiger partial charge in [0.05, 0.1) is 15.9 Å². The fraction of sp³-hybridized carbons (Fsp3) is 0.273. The number of aromatic nitrogens is 2. The minimum absolute atomic E-state index is 0.111. The number of carbonyl (C=O) groups is 1.